The molecule has 20 heavy (non-hydrogen) atoms. The topological polar surface area (TPSA) is 39.1 Å². The van der Waals surface area contributed by atoms with Crippen molar-refractivity contribution in [1.82, 2.24) is 15.1 Å². The molecule has 0 spiro atoms. The molecule has 1 atom stereocenters. The molecule has 1 aromatic heterocycles. The maximum absolute atomic E-state index is 5.19. The molecule has 0 radical (unpaired) electrons. The fourth-order valence-electron chi connectivity index (χ4n) is 2.14. The van der Waals surface area contributed by atoms with Crippen molar-refractivity contribution in [2.45, 2.75) is 25.9 Å². The van der Waals surface area contributed by atoms with Crippen molar-refractivity contribution in [3.8, 4) is 5.75 Å². The van der Waals surface area contributed by atoms with E-state index >= 15 is 0 Å². The van der Waals surface area contributed by atoms with Crippen LogP contribution >= 0.6 is 0 Å². The Labute approximate surface area is 120 Å². The summed E-state index contributed by atoms with van der Waals surface area (Å²) in [7, 11) is 1.68. The Balaban J connectivity index is 1.98. The maximum atomic E-state index is 5.19. The van der Waals surface area contributed by atoms with E-state index in [1.165, 1.54) is 5.56 Å². The molecule has 0 saturated heterocycles. The molecule has 1 N–H and O–H groups in total. The summed E-state index contributed by atoms with van der Waals surface area (Å²) in [6, 6.07) is 8.53. The molecule has 4 nitrogen and oxygen atoms in total. The molecular formula is C16H21N3O. The van der Waals surface area contributed by atoms with Gasteiger partial charge < -0.3 is 10.1 Å². The van der Waals surface area contributed by atoms with E-state index < -0.39 is 0 Å². The lowest BCUT2D eigenvalue weighted by molar-refractivity contribution is 0.414. The van der Waals surface area contributed by atoms with Crippen LogP contribution in [0.4, 0.5) is 0 Å². The number of nitrogens with one attached hydrogen (secondary N) is 1. The molecule has 2 aromatic rings. The Kier molecular flexibility index (Phi) is 4.96. The first-order chi connectivity index (χ1) is 9.76. The monoisotopic (exact) mass is 271 g/mol. The average molecular weight is 271 g/mol. The lowest BCUT2D eigenvalue weighted by atomic mass is 10.0. The largest absolute Gasteiger partial charge is 0.497 e. The van der Waals surface area contributed by atoms with Gasteiger partial charge in [-0.25, -0.2) is 4.68 Å². The minimum absolute atomic E-state index is 0.327. The van der Waals surface area contributed by atoms with Crippen LogP contribution in [0.2, 0.25) is 0 Å². The van der Waals surface area contributed by atoms with E-state index in [1.54, 1.807) is 18.0 Å². The lowest BCUT2D eigenvalue weighted by Crippen LogP contribution is -2.20. The third kappa shape index (κ3) is 3.48. The van der Waals surface area contributed by atoms with E-state index in [2.05, 4.69) is 36.1 Å². The highest BCUT2D eigenvalue weighted by Crippen LogP contribution is 2.20. The van der Waals surface area contributed by atoms with Crippen molar-refractivity contribution in [1.29, 1.82) is 0 Å². The quantitative estimate of drug-likeness (QED) is 0.840. The molecular weight excluding hydrogens is 250 g/mol. The zero-order valence-corrected chi connectivity index (χ0v) is 12.0. The Morgan fingerprint density at radius 3 is 2.70 bits per heavy atom. The zero-order chi connectivity index (χ0) is 14.4. The number of hydrogen-bond donors (Lipinski definition) is 1. The zero-order valence-electron chi connectivity index (χ0n) is 12.0. The normalized spacial score (nSPS) is 12.1. The number of rotatable bonds is 7. The Morgan fingerprint density at radius 2 is 2.15 bits per heavy atom. The molecule has 1 heterocycles. The summed E-state index contributed by atoms with van der Waals surface area (Å²) < 4.78 is 6.90. The van der Waals surface area contributed by atoms with E-state index in [4.69, 9.17) is 4.74 Å². The van der Waals surface area contributed by atoms with Gasteiger partial charge in [-0.3, -0.25) is 0 Å². The average Bonchev–Trinajstić information content (AvgIpc) is 2.96. The van der Waals surface area contributed by atoms with Crippen LogP contribution in [0.3, 0.4) is 0 Å². The molecule has 0 aliphatic rings. The van der Waals surface area contributed by atoms with E-state index in [0.717, 1.165) is 24.3 Å². The summed E-state index contributed by atoms with van der Waals surface area (Å²) in [5.41, 5.74) is 2.42. The smallest absolute Gasteiger partial charge is 0.118 e. The van der Waals surface area contributed by atoms with Gasteiger partial charge in [-0.05, 0) is 24.1 Å². The van der Waals surface area contributed by atoms with Gasteiger partial charge in [0.1, 0.15) is 5.75 Å². The number of ether oxygens (including phenoxy) is 1. The molecule has 0 aliphatic heterocycles. The Bertz CT molecular complexity index is 545. The van der Waals surface area contributed by atoms with Gasteiger partial charge in [-0.1, -0.05) is 25.6 Å². The molecule has 1 unspecified atom stereocenters. The minimum atomic E-state index is 0.327. The number of benzene rings is 1. The van der Waals surface area contributed by atoms with Crippen LogP contribution in [0.25, 0.3) is 6.20 Å². The summed E-state index contributed by atoms with van der Waals surface area (Å²) in [6.07, 6.45) is 6.54. The summed E-state index contributed by atoms with van der Waals surface area (Å²) in [4.78, 5) is 0. The molecule has 4 heteroatoms. The van der Waals surface area contributed by atoms with Crippen molar-refractivity contribution >= 4 is 6.20 Å². The molecule has 1 aromatic carbocycles. The van der Waals surface area contributed by atoms with Crippen LogP contribution in [0.15, 0.2) is 43.2 Å². The highest BCUT2D eigenvalue weighted by Gasteiger charge is 2.09. The molecule has 2 rings (SSSR count). The molecule has 0 saturated carbocycles. The first-order valence-corrected chi connectivity index (χ1v) is 6.79. The Hall–Kier alpha value is -2.07. The second-order valence-electron chi connectivity index (χ2n) is 4.63. The predicted molar refractivity (Wildman–Crippen MR) is 81.5 cm³/mol. The summed E-state index contributed by atoms with van der Waals surface area (Å²) in [5.74, 6) is 0.885. The van der Waals surface area contributed by atoms with Crippen molar-refractivity contribution in [3.63, 3.8) is 0 Å². The fraction of sp³-hybridized carbons (Fsp3) is 0.312. The molecule has 106 valence electrons. The van der Waals surface area contributed by atoms with Crippen LogP contribution in [0.1, 0.15) is 30.5 Å². The summed E-state index contributed by atoms with van der Waals surface area (Å²) in [5, 5.41) is 7.72. The second-order valence-corrected chi connectivity index (χ2v) is 4.63. The molecule has 0 aliphatic carbocycles. The van der Waals surface area contributed by atoms with Gasteiger partial charge >= 0.3 is 0 Å². The van der Waals surface area contributed by atoms with Gasteiger partial charge in [-0.2, -0.15) is 5.10 Å². The molecule has 0 fully saturated rings. The van der Waals surface area contributed by atoms with Gasteiger partial charge in [0.05, 0.1) is 13.3 Å². The molecule has 0 amide bonds. The standard InChI is InChI=1S/C16H21N3O/c1-4-16(14-6-8-15(20-3)9-7-14)17-10-13-11-18-19(5-2)12-13/h5-9,11-12,16-17H,2,4,10H2,1,3H3. The first kappa shape index (κ1) is 14.3. The van der Waals surface area contributed by atoms with Crippen molar-refractivity contribution in [2.24, 2.45) is 0 Å². The first-order valence-electron chi connectivity index (χ1n) is 6.79. The van der Waals surface area contributed by atoms with E-state index in [0.29, 0.717) is 6.04 Å². The van der Waals surface area contributed by atoms with Crippen molar-refractivity contribution in [2.75, 3.05) is 7.11 Å². The third-order valence-electron chi connectivity index (χ3n) is 3.32. The van der Waals surface area contributed by atoms with Crippen LogP contribution in [0.5, 0.6) is 5.75 Å². The van der Waals surface area contributed by atoms with Gasteiger partial charge in [0.15, 0.2) is 0 Å². The van der Waals surface area contributed by atoms with Crippen molar-refractivity contribution in [3.05, 3.63) is 54.4 Å². The highest BCUT2D eigenvalue weighted by atomic mass is 16.5. The number of methoxy groups -OCH3 is 1. The second kappa shape index (κ2) is 6.91. The van der Waals surface area contributed by atoms with Crippen LogP contribution in [-0.4, -0.2) is 16.9 Å². The fourth-order valence-corrected chi connectivity index (χ4v) is 2.14. The SMILES string of the molecule is C=Cn1cc(CNC(CC)c2ccc(OC)cc2)cn1. The van der Waals surface area contributed by atoms with Gasteiger partial charge in [0, 0.05) is 30.5 Å². The van der Waals surface area contributed by atoms with E-state index in [1.807, 2.05) is 24.5 Å². The number of aromatic nitrogens is 2. The highest BCUT2D eigenvalue weighted by molar-refractivity contribution is 5.29. The van der Waals surface area contributed by atoms with Gasteiger partial charge in [0.25, 0.3) is 0 Å². The number of nitrogens with zero attached hydrogens (tertiary/aromatic N) is 2. The van der Waals surface area contributed by atoms with Crippen molar-refractivity contribution < 1.29 is 4.74 Å². The van der Waals surface area contributed by atoms with E-state index in [-0.39, 0.29) is 0 Å². The minimum Gasteiger partial charge on any atom is -0.497 e. The summed E-state index contributed by atoms with van der Waals surface area (Å²) in [6.45, 7) is 6.65. The predicted octanol–water partition coefficient (Wildman–Crippen LogP) is 3.23. The lowest BCUT2D eigenvalue weighted by Gasteiger charge is -2.17. The maximum Gasteiger partial charge on any atom is 0.118 e. The summed E-state index contributed by atoms with van der Waals surface area (Å²) >= 11 is 0. The van der Waals surface area contributed by atoms with E-state index in [9.17, 15) is 0 Å². The Morgan fingerprint density at radius 1 is 1.40 bits per heavy atom. The number of hydrogen-bond acceptors (Lipinski definition) is 3. The van der Waals surface area contributed by atoms with Gasteiger partial charge in [-0.15, -0.1) is 0 Å². The van der Waals surface area contributed by atoms with Crippen LogP contribution in [-0.2, 0) is 6.54 Å². The van der Waals surface area contributed by atoms with Crippen LogP contribution in [0, 0.1) is 0 Å². The van der Waals surface area contributed by atoms with Gasteiger partial charge in [0.2, 0.25) is 0 Å². The third-order valence-corrected chi connectivity index (χ3v) is 3.32. The molecule has 0 bridgehead atoms. The van der Waals surface area contributed by atoms with Crippen LogP contribution < -0.4 is 10.1 Å².